The van der Waals surface area contributed by atoms with E-state index < -0.39 is 35.2 Å². The van der Waals surface area contributed by atoms with Crippen molar-refractivity contribution in [1.82, 2.24) is 0 Å². The van der Waals surface area contributed by atoms with Crippen molar-refractivity contribution >= 4 is 23.7 Å². The van der Waals surface area contributed by atoms with Crippen LogP contribution in [0, 0.1) is 17.3 Å². The number of hydrogen-bond acceptors (Lipinski definition) is 7. The van der Waals surface area contributed by atoms with E-state index in [0.29, 0.717) is 6.42 Å². The standard InChI is InChI=1S/C20H30O7/c1-5-8-9-10-15(22)11-12-16-17(13-27-14(4)21)20(16,18(23)25-6-2)19(24)26-7-3/h11-12,16-17H,5-10,13H2,1-4H3/b12-11+. The zero-order valence-electron chi connectivity index (χ0n) is 16.6. The first-order valence-electron chi connectivity index (χ1n) is 9.54. The fraction of sp³-hybridized carbons (Fsp3) is 0.700. The van der Waals surface area contributed by atoms with E-state index in [-0.39, 0.29) is 25.6 Å². The molecule has 7 heteroatoms. The number of carbonyl (C=O) groups is 4. The summed E-state index contributed by atoms with van der Waals surface area (Å²) >= 11 is 0. The number of esters is 3. The number of allylic oxidation sites excluding steroid dienone is 2. The van der Waals surface area contributed by atoms with Crippen molar-refractivity contribution in [3.63, 3.8) is 0 Å². The van der Waals surface area contributed by atoms with Crippen LogP contribution in [0.4, 0.5) is 0 Å². The Balaban J connectivity index is 3.02. The Morgan fingerprint density at radius 2 is 1.52 bits per heavy atom. The van der Waals surface area contributed by atoms with E-state index in [9.17, 15) is 19.2 Å². The van der Waals surface area contributed by atoms with Crippen LogP contribution in [0.25, 0.3) is 0 Å². The molecule has 0 radical (unpaired) electrons. The van der Waals surface area contributed by atoms with Crippen molar-refractivity contribution in [2.24, 2.45) is 17.3 Å². The second-order valence-corrected chi connectivity index (χ2v) is 6.53. The molecule has 1 fully saturated rings. The van der Waals surface area contributed by atoms with Crippen molar-refractivity contribution in [2.45, 2.75) is 53.4 Å². The first kappa shape index (κ1) is 22.9. The third-order valence-corrected chi connectivity index (χ3v) is 4.64. The molecule has 0 aromatic carbocycles. The van der Waals surface area contributed by atoms with E-state index >= 15 is 0 Å². The molecule has 1 rings (SSSR count). The van der Waals surface area contributed by atoms with Crippen molar-refractivity contribution < 1.29 is 33.4 Å². The number of ketones is 1. The van der Waals surface area contributed by atoms with Crippen LogP contribution < -0.4 is 0 Å². The van der Waals surface area contributed by atoms with Crippen molar-refractivity contribution in [1.29, 1.82) is 0 Å². The molecule has 0 spiro atoms. The third kappa shape index (κ3) is 5.65. The number of carbonyl (C=O) groups excluding carboxylic acids is 4. The predicted octanol–water partition coefficient (Wildman–Crippen LogP) is 2.61. The fourth-order valence-corrected chi connectivity index (χ4v) is 3.22. The molecule has 27 heavy (non-hydrogen) atoms. The van der Waals surface area contributed by atoms with E-state index in [4.69, 9.17) is 14.2 Å². The monoisotopic (exact) mass is 382 g/mol. The summed E-state index contributed by atoms with van der Waals surface area (Å²) in [5, 5.41) is 0. The van der Waals surface area contributed by atoms with Crippen LogP contribution in [0.1, 0.15) is 53.4 Å². The summed E-state index contributed by atoms with van der Waals surface area (Å²) in [6.07, 6.45) is 6.14. The van der Waals surface area contributed by atoms with E-state index in [0.717, 1.165) is 19.3 Å². The Labute approximate surface area is 160 Å². The molecule has 152 valence electrons. The molecule has 7 nitrogen and oxygen atoms in total. The van der Waals surface area contributed by atoms with Crippen molar-refractivity contribution in [2.75, 3.05) is 19.8 Å². The van der Waals surface area contributed by atoms with Gasteiger partial charge >= 0.3 is 17.9 Å². The minimum absolute atomic E-state index is 0.0665. The third-order valence-electron chi connectivity index (χ3n) is 4.64. The summed E-state index contributed by atoms with van der Waals surface area (Å²) in [6, 6.07) is 0. The van der Waals surface area contributed by atoms with Crippen molar-refractivity contribution in [3.05, 3.63) is 12.2 Å². The van der Waals surface area contributed by atoms with Gasteiger partial charge in [0.15, 0.2) is 11.2 Å². The zero-order chi connectivity index (χ0) is 20.4. The smallest absolute Gasteiger partial charge is 0.324 e. The maximum atomic E-state index is 12.6. The summed E-state index contributed by atoms with van der Waals surface area (Å²) in [5.74, 6) is -3.23. The molecular weight excluding hydrogens is 352 g/mol. The van der Waals surface area contributed by atoms with E-state index in [1.54, 1.807) is 19.9 Å². The Hall–Kier alpha value is -2.18. The summed E-state index contributed by atoms with van der Waals surface area (Å²) < 4.78 is 15.2. The lowest BCUT2D eigenvalue weighted by Gasteiger charge is -2.15. The molecule has 0 heterocycles. The van der Waals surface area contributed by atoms with Crippen LogP contribution >= 0.6 is 0 Å². The predicted molar refractivity (Wildman–Crippen MR) is 97.6 cm³/mol. The second kappa shape index (κ2) is 10.8. The number of ether oxygens (including phenoxy) is 3. The molecule has 1 aliphatic rings. The molecule has 1 saturated carbocycles. The molecule has 0 aromatic heterocycles. The molecule has 0 bridgehead atoms. The van der Waals surface area contributed by atoms with Gasteiger partial charge in [0.2, 0.25) is 0 Å². The highest BCUT2D eigenvalue weighted by Gasteiger charge is 2.76. The number of rotatable bonds is 12. The molecule has 0 saturated heterocycles. The van der Waals surface area contributed by atoms with Crippen molar-refractivity contribution in [3.8, 4) is 0 Å². The van der Waals surface area contributed by atoms with Crippen LogP contribution in [-0.2, 0) is 33.4 Å². The van der Waals surface area contributed by atoms with E-state index in [2.05, 4.69) is 6.92 Å². The Morgan fingerprint density at radius 3 is 2.00 bits per heavy atom. The van der Waals surface area contributed by atoms with Gasteiger partial charge in [-0.05, 0) is 26.3 Å². The molecule has 0 N–H and O–H groups in total. The molecule has 0 aromatic rings. The second-order valence-electron chi connectivity index (χ2n) is 6.53. The highest BCUT2D eigenvalue weighted by atomic mass is 16.6. The van der Waals surface area contributed by atoms with Crippen LogP contribution in [0.2, 0.25) is 0 Å². The topological polar surface area (TPSA) is 96.0 Å². The van der Waals surface area contributed by atoms with Gasteiger partial charge in [0, 0.05) is 25.2 Å². The van der Waals surface area contributed by atoms with E-state index in [1.165, 1.54) is 13.0 Å². The SMILES string of the molecule is CCCCCC(=O)/C=C/C1C(COC(C)=O)C1(C(=O)OCC)C(=O)OCC. The molecule has 0 aliphatic heterocycles. The maximum Gasteiger partial charge on any atom is 0.324 e. The fourth-order valence-electron chi connectivity index (χ4n) is 3.22. The lowest BCUT2D eigenvalue weighted by molar-refractivity contribution is -0.166. The van der Waals surface area contributed by atoms with Gasteiger partial charge in [-0.15, -0.1) is 0 Å². The van der Waals surface area contributed by atoms with Gasteiger partial charge < -0.3 is 14.2 Å². The molecule has 0 amide bonds. The first-order chi connectivity index (χ1) is 12.9. The Bertz CT molecular complexity index is 561. The quantitative estimate of drug-likeness (QED) is 0.168. The highest BCUT2D eigenvalue weighted by Crippen LogP contribution is 2.61. The minimum atomic E-state index is -1.57. The number of unbranched alkanes of at least 4 members (excludes halogenated alkanes) is 2. The van der Waals surface area contributed by atoms with E-state index in [1.807, 2.05) is 0 Å². The average molecular weight is 382 g/mol. The normalized spacial score (nSPS) is 20.1. The highest BCUT2D eigenvalue weighted by molar-refractivity contribution is 6.05. The number of hydrogen-bond donors (Lipinski definition) is 0. The van der Waals surface area contributed by atoms with Crippen LogP contribution in [0.3, 0.4) is 0 Å². The molecular formula is C20H30O7. The van der Waals surface area contributed by atoms with Crippen LogP contribution in [0.5, 0.6) is 0 Å². The van der Waals surface area contributed by atoms with Gasteiger partial charge in [0.25, 0.3) is 0 Å². The molecule has 1 aliphatic carbocycles. The summed E-state index contributed by atoms with van der Waals surface area (Å²) in [5.41, 5.74) is -1.57. The Morgan fingerprint density at radius 1 is 0.926 bits per heavy atom. The summed E-state index contributed by atoms with van der Waals surface area (Å²) in [6.45, 7) is 6.67. The van der Waals surface area contributed by atoms with Gasteiger partial charge in [-0.1, -0.05) is 25.8 Å². The van der Waals surface area contributed by atoms with Crippen LogP contribution in [-0.4, -0.2) is 43.5 Å². The van der Waals surface area contributed by atoms with Gasteiger partial charge in [0.05, 0.1) is 19.8 Å². The molecule has 2 atom stereocenters. The average Bonchev–Trinajstić information content (AvgIpc) is 3.27. The zero-order valence-corrected chi connectivity index (χ0v) is 16.6. The minimum Gasteiger partial charge on any atom is -0.466 e. The maximum absolute atomic E-state index is 12.6. The Kier molecular flexibility index (Phi) is 9.18. The largest absolute Gasteiger partial charge is 0.466 e. The molecule has 2 unspecified atom stereocenters. The lowest BCUT2D eigenvalue weighted by atomic mass is 10.0. The van der Waals surface area contributed by atoms with Crippen LogP contribution in [0.15, 0.2) is 12.2 Å². The lowest BCUT2D eigenvalue weighted by Crippen LogP contribution is -2.34. The van der Waals surface area contributed by atoms with Gasteiger partial charge in [-0.2, -0.15) is 0 Å². The van der Waals surface area contributed by atoms with Gasteiger partial charge in [-0.25, -0.2) is 0 Å². The summed E-state index contributed by atoms with van der Waals surface area (Å²) in [4.78, 5) is 48.4. The summed E-state index contributed by atoms with van der Waals surface area (Å²) in [7, 11) is 0. The van der Waals surface area contributed by atoms with Gasteiger partial charge in [-0.3, -0.25) is 19.2 Å². The first-order valence-corrected chi connectivity index (χ1v) is 9.54. The van der Waals surface area contributed by atoms with Gasteiger partial charge in [0.1, 0.15) is 0 Å².